The van der Waals surface area contributed by atoms with Gasteiger partial charge in [0.1, 0.15) is 12.6 Å². The first-order valence-electron chi connectivity index (χ1n) is 6.61. The Bertz CT molecular complexity index is 479. The zero-order valence-corrected chi connectivity index (χ0v) is 11.5. The molecular formula is C16H18O4. The summed E-state index contributed by atoms with van der Waals surface area (Å²) in [6.45, 7) is 1.71. The Kier molecular flexibility index (Phi) is 6.50. The van der Waals surface area contributed by atoms with Crippen LogP contribution in [0.3, 0.4) is 0 Å². The van der Waals surface area contributed by atoms with Crippen LogP contribution in [-0.2, 0) is 19.2 Å². The highest BCUT2D eigenvalue weighted by Gasteiger charge is 2.27. The van der Waals surface area contributed by atoms with Crippen molar-refractivity contribution in [3.05, 3.63) is 35.9 Å². The van der Waals surface area contributed by atoms with E-state index in [0.717, 1.165) is 11.8 Å². The summed E-state index contributed by atoms with van der Waals surface area (Å²) in [6.07, 6.45) is 1.69. The Hall–Kier alpha value is -2.10. The van der Waals surface area contributed by atoms with Crippen LogP contribution in [0.4, 0.5) is 0 Å². The van der Waals surface area contributed by atoms with E-state index in [-0.39, 0.29) is 18.8 Å². The lowest BCUT2D eigenvalue weighted by molar-refractivity contribution is -0.138. The highest BCUT2D eigenvalue weighted by molar-refractivity contribution is 6.39. The molecule has 2 unspecified atom stereocenters. The van der Waals surface area contributed by atoms with E-state index in [4.69, 9.17) is 0 Å². The quantitative estimate of drug-likeness (QED) is 0.511. The summed E-state index contributed by atoms with van der Waals surface area (Å²) < 4.78 is 0. The Balaban J connectivity index is 2.92. The van der Waals surface area contributed by atoms with Gasteiger partial charge in [-0.2, -0.15) is 0 Å². The monoisotopic (exact) mass is 274 g/mol. The summed E-state index contributed by atoms with van der Waals surface area (Å²) in [6, 6.07) is 8.94. The fraction of sp³-hybridized carbons (Fsp3) is 0.375. The van der Waals surface area contributed by atoms with Crippen LogP contribution in [0.15, 0.2) is 30.3 Å². The average molecular weight is 274 g/mol. The van der Waals surface area contributed by atoms with Gasteiger partial charge in [0, 0.05) is 18.8 Å². The van der Waals surface area contributed by atoms with E-state index < -0.39 is 17.5 Å². The summed E-state index contributed by atoms with van der Waals surface area (Å²) in [5.74, 6) is -1.99. The molecule has 1 aromatic carbocycles. The lowest BCUT2D eigenvalue weighted by atomic mass is 9.84. The summed E-state index contributed by atoms with van der Waals surface area (Å²) in [4.78, 5) is 45.1. The molecule has 0 N–H and O–H groups in total. The van der Waals surface area contributed by atoms with Crippen molar-refractivity contribution in [2.24, 2.45) is 5.92 Å². The smallest absolute Gasteiger partial charge is 0.205 e. The van der Waals surface area contributed by atoms with Gasteiger partial charge in [-0.3, -0.25) is 9.59 Å². The minimum absolute atomic E-state index is 0.0509. The molecule has 0 aliphatic heterocycles. The first-order chi connectivity index (χ1) is 9.60. The van der Waals surface area contributed by atoms with Gasteiger partial charge in [-0.05, 0) is 12.0 Å². The molecule has 0 radical (unpaired) electrons. The number of hydrogen-bond acceptors (Lipinski definition) is 4. The van der Waals surface area contributed by atoms with Crippen molar-refractivity contribution in [1.29, 1.82) is 0 Å². The van der Waals surface area contributed by atoms with Crippen molar-refractivity contribution in [3.63, 3.8) is 0 Å². The second kappa shape index (κ2) is 8.15. The largest absolute Gasteiger partial charge is 0.303 e. The van der Waals surface area contributed by atoms with Crippen LogP contribution in [0.2, 0.25) is 0 Å². The van der Waals surface area contributed by atoms with Crippen molar-refractivity contribution in [3.8, 4) is 0 Å². The average Bonchev–Trinajstić information content (AvgIpc) is 2.50. The molecular weight excluding hydrogens is 256 g/mol. The van der Waals surface area contributed by atoms with Gasteiger partial charge in [0.25, 0.3) is 0 Å². The third-order valence-electron chi connectivity index (χ3n) is 3.12. The SMILES string of the molecule is CC(C=O)CC(C(=O)C(=O)CCC=O)c1ccccc1. The van der Waals surface area contributed by atoms with E-state index in [1.165, 1.54) is 0 Å². The molecule has 0 saturated carbocycles. The van der Waals surface area contributed by atoms with Crippen molar-refractivity contribution in [2.45, 2.75) is 32.1 Å². The number of hydrogen-bond donors (Lipinski definition) is 0. The molecule has 0 spiro atoms. The Morgan fingerprint density at radius 3 is 2.35 bits per heavy atom. The lowest BCUT2D eigenvalue weighted by Gasteiger charge is -2.17. The van der Waals surface area contributed by atoms with Gasteiger partial charge >= 0.3 is 0 Å². The molecule has 4 heteroatoms. The van der Waals surface area contributed by atoms with Gasteiger partial charge < -0.3 is 9.59 Å². The highest BCUT2D eigenvalue weighted by Crippen LogP contribution is 2.25. The molecule has 0 amide bonds. The van der Waals surface area contributed by atoms with E-state index in [9.17, 15) is 19.2 Å². The van der Waals surface area contributed by atoms with Crippen LogP contribution in [0.1, 0.15) is 37.7 Å². The van der Waals surface area contributed by atoms with Crippen molar-refractivity contribution in [1.82, 2.24) is 0 Å². The van der Waals surface area contributed by atoms with E-state index in [1.807, 2.05) is 6.07 Å². The van der Waals surface area contributed by atoms with Crippen LogP contribution in [0, 0.1) is 5.92 Å². The Morgan fingerprint density at radius 1 is 1.15 bits per heavy atom. The Morgan fingerprint density at radius 2 is 1.80 bits per heavy atom. The molecule has 0 fully saturated rings. The molecule has 0 aromatic heterocycles. The van der Waals surface area contributed by atoms with Crippen LogP contribution < -0.4 is 0 Å². The lowest BCUT2D eigenvalue weighted by Crippen LogP contribution is -2.24. The fourth-order valence-corrected chi connectivity index (χ4v) is 2.01. The molecule has 2 atom stereocenters. The van der Waals surface area contributed by atoms with Gasteiger partial charge in [0.2, 0.25) is 5.78 Å². The summed E-state index contributed by atoms with van der Waals surface area (Å²) in [5.41, 5.74) is 0.727. The third kappa shape index (κ3) is 4.53. The molecule has 0 bridgehead atoms. The molecule has 0 heterocycles. The first-order valence-corrected chi connectivity index (χ1v) is 6.61. The van der Waals surface area contributed by atoms with E-state index in [2.05, 4.69) is 0 Å². The molecule has 0 aliphatic rings. The van der Waals surface area contributed by atoms with Crippen LogP contribution in [0.25, 0.3) is 0 Å². The molecule has 20 heavy (non-hydrogen) atoms. The number of rotatable bonds is 9. The first kappa shape index (κ1) is 16.0. The van der Waals surface area contributed by atoms with E-state index >= 15 is 0 Å². The van der Waals surface area contributed by atoms with Crippen molar-refractivity contribution < 1.29 is 19.2 Å². The summed E-state index contributed by atoms with van der Waals surface area (Å²) in [7, 11) is 0. The second-order valence-corrected chi connectivity index (χ2v) is 4.81. The van der Waals surface area contributed by atoms with Crippen LogP contribution in [-0.4, -0.2) is 24.1 Å². The normalized spacial score (nSPS) is 13.2. The van der Waals surface area contributed by atoms with Crippen molar-refractivity contribution >= 4 is 24.1 Å². The molecule has 0 saturated heterocycles. The molecule has 1 rings (SSSR count). The number of benzene rings is 1. The molecule has 4 nitrogen and oxygen atoms in total. The van der Waals surface area contributed by atoms with Gasteiger partial charge in [-0.1, -0.05) is 37.3 Å². The topological polar surface area (TPSA) is 68.3 Å². The van der Waals surface area contributed by atoms with E-state index in [1.54, 1.807) is 31.2 Å². The van der Waals surface area contributed by atoms with Gasteiger partial charge in [0.05, 0.1) is 5.92 Å². The fourth-order valence-electron chi connectivity index (χ4n) is 2.01. The van der Waals surface area contributed by atoms with Crippen LogP contribution >= 0.6 is 0 Å². The number of carbonyl (C=O) groups excluding carboxylic acids is 4. The molecule has 106 valence electrons. The summed E-state index contributed by atoms with van der Waals surface area (Å²) in [5, 5.41) is 0. The maximum Gasteiger partial charge on any atom is 0.205 e. The van der Waals surface area contributed by atoms with E-state index in [0.29, 0.717) is 12.7 Å². The molecule has 1 aromatic rings. The standard InChI is InChI=1S/C16H18O4/c1-12(11-18)10-14(13-6-3-2-4-7-13)16(20)15(19)8-5-9-17/h2-4,6-7,9,11-12,14H,5,8,10H2,1H3. The Labute approximate surface area is 118 Å². The minimum Gasteiger partial charge on any atom is -0.303 e. The maximum absolute atomic E-state index is 12.2. The van der Waals surface area contributed by atoms with Gasteiger partial charge in [-0.15, -0.1) is 0 Å². The molecule has 0 aliphatic carbocycles. The summed E-state index contributed by atoms with van der Waals surface area (Å²) >= 11 is 0. The van der Waals surface area contributed by atoms with Gasteiger partial charge in [-0.25, -0.2) is 0 Å². The highest BCUT2D eigenvalue weighted by atomic mass is 16.2. The number of carbonyl (C=O) groups is 4. The van der Waals surface area contributed by atoms with Crippen molar-refractivity contribution in [2.75, 3.05) is 0 Å². The van der Waals surface area contributed by atoms with Crippen LogP contribution in [0.5, 0.6) is 0 Å². The minimum atomic E-state index is -0.615. The number of aldehydes is 2. The zero-order valence-electron chi connectivity index (χ0n) is 11.5. The predicted molar refractivity (Wildman–Crippen MR) is 74.3 cm³/mol. The number of ketones is 2. The maximum atomic E-state index is 12.2. The second-order valence-electron chi connectivity index (χ2n) is 4.81. The predicted octanol–water partition coefficient (Wildman–Crippen LogP) is 2.11. The number of Topliss-reactive ketones (excluding diaryl/α,β-unsaturated/α-hetero) is 2. The third-order valence-corrected chi connectivity index (χ3v) is 3.12. The zero-order chi connectivity index (χ0) is 15.0. The van der Waals surface area contributed by atoms with Gasteiger partial charge in [0.15, 0.2) is 5.78 Å².